The van der Waals surface area contributed by atoms with Crippen molar-refractivity contribution in [3.8, 4) is 45.5 Å². The number of hydrogen-bond donors (Lipinski definition) is 1. The third-order valence-corrected chi connectivity index (χ3v) is 5.80. The Balaban J connectivity index is 1.87. The number of carboxylic acid groups (broad SMARTS) is 1. The third-order valence-electron chi connectivity index (χ3n) is 5.55. The largest absolute Gasteiger partial charge is 0.496 e. The van der Waals surface area contributed by atoms with E-state index in [4.69, 9.17) is 35.6 Å². The fraction of sp³-hybridized carbons (Fsp3) is 0.185. The Bertz CT molecular complexity index is 1370. The van der Waals surface area contributed by atoms with Gasteiger partial charge in [0.15, 0.2) is 18.1 Å². The lowest BCUT2D eigenvalue weighted by Crippen LogP contribution is -2.10. The first-order chi connectivity index (χ1) is 17.4. The molecule has 0 fully saturated rings. The minimum atomic E-state index is -1.10. The molecular weight excluding hydrogens is 484 g/mol. The van der Waals surface area contributed by atoms with Gasteiger partial charge in [0.05, 0.1) is 39.3 Å². The van der Waals surface area contributed by atoms with Crippen molar-refractivity contribution < 1.29 is 28.8 Å². The van der Waals surface area contributed by atoms with E-state index in [1.54, 1.807) is 19.2 Å². The van der Waals surface area contributed by atoms with Gasteiger partial charge in [0.25, 0.3) is 0 Å². The van der Waals surface area contributed by atoms with Gasteiger partial charge in [-0.3, -0.25) is 4.68 Å². The van der Waals surface area contributed by atoms with Gasteiger partial charge in [-0.2, -0.15) is 5.10 Å². The highest BCUT2D eigenvalue weighted by molar-refractivity contribution is 6.30. The number of para-hydroxylation sites is 1. The number of methoxy groups -OCH3 is 3. The number of carbonyl (C=O) groups is 1. The minimum absolute atomic E-state index is 0.305. The molecule has 9 heteroatoms. The van der Waals surface area contributed by atoms with E-state index in [-0.39, 0.29) is 0 Å². The predicted molar refractivity (Wildman–Crippen MR) is 136 cm³/mol. The second-order valence-corrected chi connectivity index (χ2v) is 8.21. The van der Waals surface area contributed by atoms with Crippen LogP contribution in [0.3, 0.4) is 0 Å². The summed E-state index contributed by atoms with van der Waals surface area (Å²) in [6.07, 6.45) is 0. The maximum absolute atomic E-state index is 11.2. The number of ether oxygens (including phenoxy) is 4. The number of hydrogen-bond acceptors (Lipinski definition) is 6. The molecule has 0 amide bonds. The molecule has 0 aliphatic rings. The molecule has 0 spiro atoms. The van der Waals surface area contributed by atoms with Crippen molar-refractivity contribution in [3.63, 3.8) is 0 Å². The van der Waals surface area contributed by atoms with Gasteiger partial charge in [-0.25, -0.2) is 4.79 Å². The molecule has 4 rings (SSSR count). The van der Waals surface area contributed by atoms with Gasteiger partial charge in [-0.15, -0.1) is 0 Å². The third kappa shape index (κ3) is 5.39. The van der Waals surface area contributed by atoms with Gasteiger partial charge in [0.2, 0.25) is 0 Å². The maximum atomic E-state index is 11.2. The number of carboxylic acids is 1. The second kappa shape index (κ2) is 11.0. The average Bonchev–Trinajstić information content (AvgIpc) is 3.31. The van der Waals surface area contributed by atoms with Crippen LogP contribution >= 0.6 is 11.6 Å². The van der Waals surface area contributed by atoms with Crippen LogP contribution in [0.4, 0.5) is 0 Å². The monoisotopic (exact) mass is 508 g/mol. The molecule has 1 aromatic heterocycles. The van der Waals surface area contributed by atoms with Crippen molar-refractivity contribution in [1.29, 1.82) is 0 Å². The summed E-state index contributed by atoms with van der Waals surface area (Å²) in [4.78, 5) is 11.2. The molecule has 0 aliphatic carbocycles. The fourth-order valence-electron chi connectivity index (χ4n) is 3.84. The average molecular weight is 509 g/mol. The first kappa shape index (κ1) is 24.9. The van der Waals surface area contributed by atoms with Crippen molar-refractivity contribution in [2.24, 2.45) is 0 Å². The highest BCUT2D eigenvalue weighted by Crippen LogP contribution is 2.41. The van der Waals surface area contributed by atoms with Crippen molar-refractivity contribution in [2.45, 2.75) is 6.54 Å². The number of benzene rings is 3. The van der Waals surface area contributed by atoms with E-state index in [0.717, 1.165) is 22.6 Å². The summed E-state index contributed by atoms with van der Waals surface area (Å²) in [7, 11) is 4.65. The molecular formula is C27H25ClN2O6. The van der Waals surface area contributed by atoms with Crippen LogP contribution in [-0.2, 0) is 11.3 Å². The molecule has 1 N–H and O–H groups in total. The van der Waals surface area contributed by atoms with Crippen molar-refractivity contribution in [2.75, 3.05) is 27.9 Å². The smallest absolute Gasteiger partial charge is 0.341 e. The van der Waals surface area contributed by atoms with E-state index in [9.17, 15) is 9.90 Å². The lowest BCUT2D eigenvalue weighted by atomic mass is 10.1. The minimum Gasteiger partial charge on any atom is -0.496 e. The fourth-order valence-corrected chi connectivity index (χ4v) is 3.96. The lowest BCUT2D eigenvalue weighted by Gasteiger charge is -2.14. The van der Waals surface area contributed by atoms with Crippen molar-refractivity contribution in [1.82, 2.24) is 9.78 Å². The first-order valence-electron chi connectivity index (χ1n) is 11.0. The summed E-state index contributed by atoms with van der Waals surface area (Å²) in [5.41, 5.74) is 3.80. The number of nitrogens with zero attached hydrogens (tertiary/aromatic N) is 2. The first-order valence-corrected chi connectivity index (χ1v) is 11.4. The number of aromatic nitrogens is 2. The predicted octanol–water partition coefficient (Wildman–Crippen LogP) is 5.41. The van der Waals surface area contributed by atoms with E-state index >= 15 is 0 Å². The Hall–Kier alpha value is -4.17. The molecule has 186 valence electrons. The second-order valence-electron chi connectivity index (χ2n) is 7.78. The summed E-state index contributed by atoms with van der Waals surface area (Å²) in [5.74, 6) is 0.822. The van der Waals surface area contributed by atoms with E-state index < -0.39 is 12.6 Å². The Kier molecular flexibility index (Phi) is 7.65. The lowest BCUT2D eigenvalue weighted by molar-refractivity contribution is -0.139. The number of halogens is 1. The topological polar surface area (TPSA) is 92.0 Å². The molecule has 0 bridgehead atoms. The summed E-state index contributed by atoms with van der Waals surface area (Å²) in [5, 5.41) is 14.7. The summed E-state index contributed by atoms with van der Waals surface area (Å²) >= 11 is 6.12. The van der Waals surface area contributed by atoms with E-state index in [2.05, 4.69) is 0 Å². The number of rotatable bonds is 10. The van der Waals surface area contributed by atoms with Gasteiger partial charge in [0, 0.05) is 22.2 Å². The van der Waals surface area contributed by atoms with E-state index in [1.807, 2.05) is 59.3 Å². The molecule has 4 aromatic rings. The molecule has 3 aromatic carbocycles. The Morgan fingerprint density at radius 1 is 0.889 bits per heavy atom. The highest BCUT2D eigenvalue weighted by Gasteiger charge is 2.20. The normalized spacial score (nSPS) is 10.7. The zero-order valence-corrected chi connectivity index (χ0v) is 20.8. The van der Waals surface area contributed by atoms with Crippen LogP contribution in [0.25, 0.3) is 22.5 Å². The standard InChI is InChI=1S/C27H25ClN2O6/c1-33-23-7-5-4-6-18(23)15-30-22(17-8-10-19(28)11-9-17)13-21(29-30)20-12-25(34-2)26(35-3)14-24(20)36-16-27(31)32/h4-14H,15-16H2,1-3H3,(H,31,32). The molecule has 36 heavy (non-hydrogen) atoms. The molecule has 0 unspecified atom stereocenters. The van der Waals surface area contributed by atoms with Gasteiger partial charge < -0.3 is 24.1 Å². The number of aliphatic carboxylic acids is 1. The van der Waals surface area contributed by atoms with Crippen LogP contribution in [0.1, 0.15) is 5.56 Å². The molecule has 0 radical (unpaired) electrons. The van der Waals surface area contributed by atoms with Crippen molar-refractivity contribution in [3.05, 3.63) is 77.3 Å². The van der Waals surface area contributed by atoms with Gasteiger partial charge in [0.1, 0.15) is 11.5 Å². The summed E-state index contributed by atoms with van der Waals surface area (Å²) in [6.45, 7) is -0.0883. The Morgan fingerprint density at radius 2 is 1.56 bits per heavy atom. The highest BCUT2D eigenvalue weighted by atomic mass is 35.5. The van der Waals surface area contributed by atoms with Crippen LogP contribution in [0.2, 0.25) is 5.02 Å². The van der Waals surface area contributed by atoms with Crippen LogP contribution in [-0.4, -0.2) is 48.8 Å². The summed E-state index contributed by atoms with van der Waals surface area (Å²) in [6, 6.07) is 20.4. The zero-order valence-electron chi connectivity index (χ0n) is 20.0. The maximum Gasteiger partial charge on any atom is 0.341 e. The molecule has 0 atom stereocenters. The SMILES string of the molecule is COc1ccccc1Cn1nc(-c2cc(OC)c(OC)cc2OCC(=O)O)cc1-c1ccc(Cl)cc1. The molecule has 8 nitrogen and oxygen atoms in total. The quantitative estimate of drug-likeness (QED) is 0.306. The molecule has 0 saturated carbocycles. The van der Waals surface area contributed by atoms with E-state index in [0.29, 0.717) is 40.1 Å². The molecule has 1 heterocycles. The van der Waals surface area contributed by atoms with Crippen molar-refractivity contribution >= 4 is 17.6 Å². The van der Waals surface area contributed by atoms with Crippen LogP contribution < -0.4 is 18.9 Å². The van der Waals surface area contributed by atoms with Gasteiger partial charge in [-0.05, 0) is 35.9 Å². The van der Waals surface area contributed by atoms with Crippen LogP contribution in [0.5, 0.6) is 23.0 Å². The Labute approximate surface area is 213 Å². The van der Waals surface area contributed by atoms with Crippen LogP contribution in [0.15, 0.2) is 66.7 Å². The zero-order chi connectivity index (χ0) is 25.7. The Morgan fingerprint density at radius 3 is 2.22 bits per heavy atom. The van der Waals surface area contributed by atoms with Crippen LogP contribution in [0, 0.1) is 0 Å². The van der Waals surface area contributed by atoms with Gasteiger partial charge >= 0.3 is 5.97 Å². The summed E-state index contributed by atoms with van der Waals surface area (Å²) < 4.78 is 23.9. The molecule has 0 aliphatic heterocycles. The van der Waals surface area contributed by atoms with E-state index in [1.165, 1.54) is 14.2 Å². The molecule has 0 saturated heterocycles. The van der Waals surface area contributed by atoms with Gasteiger partial charge in [-0.1, -0.05) is 41.9 Å².